The number of ether oxygens (including phenoxy) is 1. The largest absolute Gasteiger partial charge is 0.498 e. The van der Waals surface area contributed by atoms with E-state index < -0.39 is 5.97 Å². The molecule has 0 aliphatic rings. The Bertz CT molecular complexity index is 433. The van der Waals surface area contributed by atoms with Crippen LogP contribution in [0, 0.1) is 5.92 Å². The van der Waals surface area contributed by atoms with Crippen LogP contribution in [0.4, 0.5) is 0 Å². The fraction of sp³-hybridized carbons (Fsp3) is 0.438. The molecule has 104 valence electrons. The summed E-state index contributed by atoms with van der Waals surface area (Å²) in [6.07, 6.45) is 1.41. The number of carboxylic acid groups (broad SMARTS) is 1. The van der Waals surface area contributed by atoms with Crippen molar-refractivity contribution >= 4 is 5.97 Å². The number of allylic oxidation sites excluding steroid dienone is 1. The zero-order chi connectivity index (χ0) is 14.3. The van der Waals surface area contributed by atoms with Crippen LogP contribution in [0.15, 0.2) is 41.7 Å². The topological polar surface area (TPSA) is 46.5 Å². The van der Waals surface area contributed by atoms with Gasteiger partial charge in [-0.15, -0.1) is 0 Å². The van der Waals surface area contributed by atoms with Gasteiger partial charge in [0.2, 0.25) is 0 Å². The number of aliphatic carboxylic acids is 1. The van der Waals surface area contributed by atoms with Crippen LogP contribution in [-0.4, -0.2) is 17.7 Å². The van der Waals surface area contributed by atoms with Gasteiger partial charge in [0, 0.05) is 6.42 Å². The van der Waals surface area contributed by atoms with Gasteiger partial charge in [0.15, 0.2) is 0 Å². The Morgan fingerprint density at radius 2 is 1.89 bits per heavy atom. The minimum atomic E-state index is -0.883. The maximum Gasteiger partial charge on any atom is 0.335 e. The lowest BCUT2D eigenvalue weighted by atomic mass is 9.98. The summed E-state index contributed by atoms with van der Waals surface area (Å²) in [6.45, 7) is 6.13. The fourth-order valence-corrected chi connectivity index (χ4v) is 2.05. The van der Waals surface area contributed by atoms with Gasteiger partial charge in [-0.2, -0.15) is 0 Å². The third kappa shape index (κ3) is 4.78. The van der Waals surface area contributed by atoms with Crippen LogP contribution in [0.3, 0.4) is 0 Å². The molecule has 0 saturated heterocycles. The number of carbonyl (C=O) groups is 1. The van der Waals surface area contributed by atoms with Gasteiger partial charge in [-0.25, -0.2) is 4.79 Å². The smallest absolute Gasteiger partial charge is 0.335 e. The van der Waals surface area contributed by atoms with E-state index in [1.807, 2.05) is 51.1 Å². The second kappa shape index (κ2) is 7.62. The van der Waals surface area contributed by atoms with Crippen molar-refractivity contribution < 1.29 is 14.6 Å². The van der Waals surface area contributed by atoms with Crippen LogP contribution >= 0.6 is 0 Å². The number of rotatable bonds is 7. The molecule has 3 heteroatoms. The molecule has 1 N–H and O–H groups in total. The average molecular weight is 262 g/mol. The van der Waals surface area contributed by atoms with Crippen molar-refractivity contribution in [2.24, 2.45) is 5.92 Å². The van der Waals surface area contributed by atoms with Crippen molar-refractivity contribution in [3.8, 4) is 0 Å². The zero-order valence-electron chi connectivity index (χ0n) is 11.8. The summed E-state index contributed by atoms with van der Waals surface area (Å²) in [4.78, 5) is 11.3. The van der Waals surface area contributed by atoms with Crippen molar-refractivity contribution in [1.82, 2.24) is 0 Å². The van der Waals surface area contributed by atoms with Crippen molar-refractivity contribution in [1.29, 1.82) is 0 Å². The maximum absolute atomic E-state index is 11.3. The Labute approximate surface area is 114 Å². The molecular formula is C16H22O3. The molecule has 0 aliphatic carbocycles. The monoisotopic (exact) mass is 262 g/mol. The molecule has 0 unspecified atom stereocenters. The van der Waals surface area contributed by atoms with Gasteiger partial charge in [0.25, 0.3) is 0 Å². The molecule has 3 nitrogen and oxygen atoms in total. The van der Waals surface area contributed by atoms with Gasteiger partial charge in [-0.1, -0.05) is 44.2 Å². The summed E-state index contributed by atoms with van der Waals surface area (Å²) < 4.78 is 5.55. The molecule has 0 fully saturated rings. The molecular weight excluding hydrogens is 240 g/mol. The summed E-state index contributed by atoms with van der Waals surface area (Å²) >= 11 is 0. The van der Waals surface area contributed by atoms with Gasteiger partial charge < -0.3 is 9.84 Å². The van der Waals surface area contributed by atoms with E-state index in [9.17, 15) is 9.90 Å². The molecule has 0 amide bonds. The quantitative estimate of drug-likeness (QED) is 0.602. The molecule has 0 radical (unpaired) electrons. The molecule has 0 heterocycles. The lowest BCUT2D eigenvalue weighted by Crippen LogP contribution is -2.13. The van der Waals surface area contributed by atoms with E-state index in [-0.39, 0.29) is 5.92 Å². The van der Waals surface area contributed by atoms with Crippen LogP contribution in [0.25, 0.3) is 0 Å². The Morgan fingerprint density at radius 1 is 1.26 bits per heavy atom. The molecule has 0 aliphatic heterocycles. The molecule has 0 saturated carbocycles. The Morgan fingerprint density at radius 3 is 2.37 bits per heavy atom. The van der Waals surface area contributed by atoms with E-state index in [2.05, 4.69) is 0 Å². The second-order valence-electron chi connectivity index (χ2n) is 4.72. The zero-order valence-corrected chi connectivity index (χ0v) is 11.8. The van der Waals surface area contributed by atoms with Crippen molar-refractivity contribution in [3.63, 3.8) is 0 Å². The van der Waals surface area contributed by atoms with Crippen LogP contribution in [0.2, 0.25) is 0 Å². The number of carboxylic acids is 1. The third-order valence-corrected chi connectivity index (χ3v) is 2.91. The number of hydrogen-bond donors (Lipinski definition) is 1. The summed E-state index contributed by atoms with van der Waals surface area (Å²) in [7, 11) is 0. The van der Waals surface area contributed by atoms with Crippen LogP contribution < -0.4 is 0 Å². The first-order valence-electron chi connectivity index (χ1n) is 6.69. The normalized spacial score (nSPS) is 12.2. The van der Waals surface area contributed by atoms with E-state index >= 15 is 0 Å². The molecule has 0 spiro atoms. The molecule has 1 aromatic rings. The second-order valence-corrected chi connectivity index (χ2v) is 4.72. The lowest BCUT2D eigenvalue weighted by molar-refractivity contribution is -0.133. The van der Waals surface area contributed by atoms with E-state index in [0.717, 1.165) is 6.42 Å². The molecule has 0 aromatic heterocycles. The molecule has 19 heavy (non-hydrogen) atoms. The van der Waals surface area contributed by atoms with Crippen LogP contribution in [0.1, 0.15) is 32.8 Å². The molecule has 0 atom stereocenters. The summed E-state index contributed by atoms with van der Waals surface area (Å²) in [6, 6.07) is 10.0. The summed E-state index contributed by atoms with van der Waals surface area (Å²) in [5, 5.41) is 9.30. The highest BCUT2D eigenvalue weighted by Gasteiger charge is 2.19. The van der Waals surface area contributed by atoms with Gasteiger partial charge in [-0.3, -0.25) is 0 Å². The van der Waals surface area contributed by atoms with E-state index in [1.165, 1.54) is 5.56 Å². The Hall–Kier alpha value is -1.77. The minimum absolute atomic E-state index is 0.0465. The van der Waals surface area contributed by atoms with Crippen molar-refractivity contribution in [2.45, 2.75) is 33.6 Å². The van der Waals surface area contributed by atoms with Crippen molar-refractivity contribution in [2.75, 3.05) is 6.61 Å². The minimum Gasteiger partial charge on any atom is -0.498 e. The van der Waals surface area contributed by atoms with Gasteiger partial charge >= 0.3 is 5.97 Å². The number of benzene rings is 1. The highest BCUT2D eigenvalue weighted by Crippen LogP contribution is 2.21. The first-order chi connectivity index (χ1) is 9.06. The predicted molar refractivity (Wildman–Crippen MR) is 75.9 cm³/mol. The first kappa shape index (κ1) is 15.3. The fourth-order valence-electron chi connectivity index (χ4n) is 2.05. The Balaban J connectivity index is 2.88. The third-order valence-electron chi connectivity index (χ3n) is 2.91. The number of hydrogen-bond acceptors (Lipinski definition) is 2. The highest BCUT2D eigenvalue weighted by atomic mass is 16.5. The first-order valence-corrected chi connectivity index (χ1v) is 6.69. The SMILES string of the molecule is CCO/C(CCc1ccccc1)=C(/C(=O)O)C(C)C. The molecule has 1 rings (SSSR count). The van der Waals surface area contributed by atoms with E-state index in [1.54, 1.807) is 0 Å². The van der Waals surface area contributed by atoms with Gasteiger partial charge in [-0.05, 0) is 24.8 Å². The lowest BCUT2D eigenvalue weighted by Gasteiger charge is -2.15. The summed E-state index contributed by atoms with van der Waals surface area (Å²) in [5.74, 6) is -0.324. The molecule has 1 aromatic carbocycles. The Kier molecular flexibility index (Phi) is 6.13. The van der Waals surface area contributed by atoms with E-state index in [4.69, 9.17) is 4.74 Å². The average Bonchev–Trinajstić information content (AvgIpc) is 2.36. The maximum atomic E-state index is 11.3. The van der Waals surface area contributed by atoms with Crippen LogP contribution in [0.5, 0.6) is 0 Å². The van der Waals surface area contributed by atoms with Crippen molar-refractivity contribution in [3.05, 3.63) is 47.2 Å². The van der Waals surface area contributed by atoms with Crippen LogP contribution in [-0.2, 0) is 16.0 Å². The standard InChI is InChI=1S/C16H22O3/c1-4-19-14(15(12(2)3)16(17)18)11-10-13-8-6-5-7-9-13/h5-9,12H,4,10-11H2,1-3H3,(H,17,18)/b15-14+. The number of aryl methyl sites for hydroxylation is 1. The predicted octanol–water partition coefficient (Wildman–Crippen LogP) is 3.65. The molecule has 0 bridgehead atoms. The summed E-state index contributed by atoms with van der Waals surface area (Å²) in [5.41, 5.74) is 1.57. The van der Waals surface area contributed by atoms with Gasteiger partial charge in [0.1, 0.15) is 5.76 Å². The van der Waals surface area contributed by atoms with Gasteiger partial charge in [0.05, 0.1) is 12.2 Å². The highest BCUT2D eigenvalue weighted by molar-refractivity contribution is 5.87. The van der Waals surface area contributed by atoms with E-state index in [0.29, 0.717) is 24.4 Å².